The van der Waals surface area contributed by atoms with Crippen LogP contribution in [0.5, 0.6) is 0 Å². The molecular weight excluding hydrogens is 292 g/mol. The van der Waals surface area contributed by atoms with E-state index in [1.54, 1.807) is 6.07 Å². The van der Waals surface area contributed by atoms with Crippen molar-refractivity contribution in [3.05, 3.63) is 48.0 Å². The lowest BCUT2D eigenvalue weighted by atomic mass is 10.0. The minimum absolute atomic E-state index is 0.0197. The fourth-order valence-electron chi connectivity index (χ4n) is 2.37. The summed E-state index contributed by atoms with van der Waals surface area (Å²) in [5.74, 6) is -0.348. The Morgan fingerprint density at radius 3 is 2.39 bits per heavy atom. The maximum absolute atomic E-state index is 12.2. The van der Waals surface area contributed by atoms with E-state index in [1.807, 2.05) is 36.4 Å². The van der Waals surface area contributed by atoms with Gasteiger partial charge in [0.2, 0.25) is 0 Å². The van der Waals surface area contributed by atoms with E-state index >= 15 is 0 Å². The number of rotatable bonds is 8. The summed E-state index contributed by atoms with van der Waals surface area (Å²) in [5, 5.41) is 2.11. The summed E-state index contributed by atoms with van der Waals surface area (Å²) in [4.78, 5) is 34.5. The van der Waals surface area contributed by atoms with Crippen molar-refractivity contribution in [1.29, 1.82) is 0 Å². The lowest BCUT2D eigenvalue weighted by Gasteiger charge is -2.04. The number of ketones is 2. The fraction of sp³-hybridized carbons (Fsp3) is 0.316. The van der Waals surface area contributed by atoms with Crippen LogP contribution in [0.3, 0.4) is 0 Å². The van der Waals surface area contributed by atoms with Gasteiger partial charge in [-0.3, -0.25) is 14.4 Å². The van der Waals surface area contributed by atoms with Crippen LogP contribution >= 0.6 is 0 Å². The van der Waals surface area contributed by atoms with Crippen LogP contribution in [-0.4, -0.2) is 24.1 Å². The van der Waals surface area contributed by atoms with E-state index in [0.717, 1.165) is 10.8 Å². The molecule has 0 unspecified atom stereocenters. The molecule has 4 nitrogen and oxygen atoms in total. The predicted octanol–water partition coefficient (Wildman–Crippen LogP) is 3.72. The van der Waals surface area contributed by atoms with Crippen LogP contribution in [0.15, 0.2) is 42.5 Å². The van der Waals surface area contributed by atoms with Crippen molar-refractivity contribution in [2.45, 2.75) is 32.6 Å². The largest absolute Gasteiger partial charge is 0.466 e. The van der Waals surface area contributed by atoms with Gasteiger partial charge in [0, 0.05) is 31.7 Å². The molecule has 2 aromatic carbocycles. The van der Waals surface area contributed by atoms with Gasteiger partial charge in [0.1, 0.15) is 5.78 Å². The molecule has 120 valence electrons. The Hall–Kier alpha value is -2.49. The first-order valence-electron chi connectivity index (χ1n) is 7.73. The number of hydrogen-bond donors (Lipinski definition) is 0. The second kappa shape index (κ2) is 8.22. The summed E-state index contributed by atoms with van der Waals surface area (Å²) in [6, 6.07) is 13.4. The molecule has 0 aromatic heterocycles. The molecule has 0 aliphatic carbocycles. The first-order chi connectivity index (χ1) is 11.1. The smallest absolute Gasteiger partial charge is 0.302 e. The van der Waals surface area contributed by atoms with Crippen molar-refractivity contribution in [2.75, 3.05) is 6.61 Å². The maximum Gasteiger partial charge on any atom is 0.302 e. The second-order valence-corrected chi connectivity index (χ2v) is 5.47. The summed E-state index contributed by atoms with van der Waals surface area (Å²) in [7, 11) is 0. The molecule has 0 aliphatic rings. The van der Waals surface area contributed by atoms with Gasteiger partial charge < -0.3 is 4.74 Å². The normalized spacial score (nSPS) is 10.5. The minimum atomic E-state index is -0.344. The number of benzene rings is 2. The van der Waals surface area contributed by atoms with Crippen molar-refractivity contribution in [2.24, 2.45) is 0 Å². The Bertz CT molecular complexity index is 718. The number of carbonyl (C=O) groups excluding carboxylic acids is 3. The van der Waals surface area contributed by atoms with Gasteiger partial charge in [-0.25, -0.2) is 0 Å². The first kappa shape index (κ1) is 16.9. The quantitative estimate of drug-likeness (QED) is 0.423. The molecule has 0 radical (unpaired) electrons. The lowest BCUT2D eigenvalue weighted by molar-refractivity contribution is -0.141. The average Bonchev–Trinajstić information content (AvgIpc) is 2.56. The van der Waals surface area contributed by atoms with Crippen LogP contribution in [0.4, 0.5) is 0 Å². The molecular formula is C19H20O4. The summed E-state index contributed by atoms with van der Waals surface area (Å²) in [6.45, 7) is 1.59. The molecule has 0 saturated carbocycles. The monoisotopic (exact) mass is 312 g/mol. The average molecular weight is 312 g/mol. The summed E-state index contributed by atoms with van der Waals surface area (Å²) in [5.41, 5.74) is 0.636. The van der Waals surface area contributed by atoms with Crippen LogP contribution in [0, 0.1) is 0 Å². The molecule has 0 fully saturated rings. The van der Waals surface area contributed by atoms with Crippen molar-refractivity contribution in [3.63, 3.8) is 0 Å². The molecule has 0 aliphatic heterocycles. The zero-order valence-electron chi connectivity index (χ0n) is 13.2. The SMILES string of the molecule is CC(=O)OCCCC(=O)CCC(=O)c1ccc2ccccc2c1. The topological polar surface area (TPSA) is 60.4 Å². The highest BCUT2D eigenvalue weighted by atomic mass is 16.5. The van der Waals surface area contributed by atoms with Gasteiger partial charge in [0.25, 0.3) is 0 Å². The Balaban J connectivity index is 1.81. The zero-order valence-corrected chi connectivity index (χ0v) is 13.2. The van der Waals surface area contributed by atoms with Crippen LogP contribution in [0.1, 0.15) is 43.0 Å². The van der Waals surface area contributed by atoms with Crippen molar-refractivity contribution in [1.82, 2.24) is 0 Å². The number of carbonyl (C=O) groups is 3. The third-order valence-electron chi connectivity index (χ3n) is 3.61. The van der Waals surface area contributed by atoms with Crippen LogP contribution in [0.25, 0.3) is 10.8 Å². The van der Waals surface area contributed by atoms with Crippen LogP contribution < -0.4 is 0 Å². The molecule has 2 aromatic rings. The molecule has 0 spiro atoms. The Morgan fingerprint density at radius 2 is 1.65 bits per heavy atom. The number of ether oxygens (including phenoxy) is 1. The Kier molecular flexibility index (Phi) is 6.03. The summed E-state index contributed by atoms with van der Waals surface area (Å²) in [6.07, 6.45) is 1.28. The maximum atomic E-state index is 12.2. The second-order valence-electron chi connectivity index (χ2n) is 5.47. The van der Waals surface area contributed by atoms with Gasteiger partial charge in [0.15, 0.2) is 5.78 Å². The van der Waals surface area contributed by atoms with E-state index in [4.69, 9.17) is 4.74 Å². The molecule has 0 heterocycles. The zero-order chi connectivity index (χ0) is 16.7. The highest BCUT2D eigenvalue weighted by molar-refractivity contribution is 6.01. The highest BCUT2D eigenvalue weighted by Crippen LogP contribution is 2.17. The molecule has 0 saturated heterocycles. The number of fused-ring (bicyclic) bond motifs is 1. The Labute approximate surface area is 135 Å². The fourth-order valence-corrected chi connectivity index (χ4v) is 2.37. The van der Waals surface area contributed by atoms with Crippen molar-refractivity contribution in [3.8, 4) is 0 Å². The standard InChI is InChI=1S/C19H20O4/c1-14(20)23-12-4-7-18(21)10-11-19(22)17-9-8-15-5-2-3-6-16(15)13-17/h2-3,5-6,8-9,13H,4,7,10-12H2,1H3. The van der Waals surface area contributed by atoms with Gasteiger partial charge in [-0.05, 0) is 23.3 Å². The van der Waals surface area contributed by atoms with E-state index in [-0.39, 0.29) is 37.0 Å². The van der Waals surface area contributed by atoms with Gasteiger partial charge in [-0.15, -0.1) is 0 Å². The third kappa shape index (κ3) is 5.33. The van der Waals surface area contributed by atoms with E-state index in [2.05, 4.69) is 0 Å². The van der Waals surface area contributed by atoms with Crippen LogP contribution in [-0.2, 0) is 14.3 Å². The van der Waals surface area contributed by atoms with Crippen molar-refractivity contribution >= 4 is 28.3 Å². The van der Waals surface area contributed by atoms with E-state index in [0.29, 0.717) is 18.4 Å². The Morgan fingerprint density at radius 1 is 0.913 bits per heavy atom. The number of Topliss-reactive ketones (excluding diaryl/α,β-unsaturated/α-hetero) is 2. The van der Waals surface area contributed by atoms with E-state index < -0.39 is 0 Å². The highest BCUT2D eigenvalue weighted by Gasteiger charge is 2.10. The molecule has 0 atom stereocenters. The number of hydrogen-bond acceptors (Lipinski definition) is 4. The van der Waals surface area contributed by atoms with E-state index in [1.165, 1.54) is 6.92 Å². The van der Waals surface area contributed by atoms with Crippen LogP contribution in [0.2, 0.25) is 0 Å². The molecule has 0 amide bonds. The molecule has 23 heavy (non-hydrogen) atoms. The predicted molar refractivity (Wildman–Crippen MR) is 88.4 cm³/mol. The lowest BCUT2D eigenvalue weighted by Crippen LogP contribution is -2.07. The number of esters is 1. The molecule has 0 bridgehead atoms. The summed E-state index contributed by atoms with van der Waals surface area (Å²) >= 11 is 0. The van der Waals surface area contributed by atoms with Gasteiger partial charge in [-0.2, -0.15) is 0 Å². The molecule has 0 N–H and O–H groups in total. The van der Waals surface area contributed by atoms with Gasteiger partial charge in [0.05, 0.1) is 6.61 Å². The van der Waals surface area contributed by atoms with Gasteiger partial charge in [-0.1, -0.05) is 36.4 Å². The third-order valence-corrected chi connectivity index (χ3v) is 3.61. The van der Waals surface area contributed by atoms with E-state index in [9.17, 15) is 14.4 Å². The first-order valence-corrected chi connectivity index (χ1v) is 7.73. The van der Waals surface area contributed by atoms with Gasteiger partial charge >= 0.3 is 5.97 Å². The summed E-state index contributed by atoms with van der Waals surface area (Å²) < 4.78 is 4.77. The molecule has 2 rings (SSSR count). The van der Waals surface area contributed by atoms with Crippen molar-refractivity contribution < 1.29 is 19.1 Å². The minimum Gasteiger partial charge on any atom is -0.466 e. The molecule has 4 heteroatoms.